The Balaban J connectivity index is 1.54. The Labute approximate surface area is 186 Å². The molecule has 2 aromatic rings. The van der Waals surface area contributed by atoms with Crippen molar-refractivity contribution in [3.63, 3.8) is 0 Å². The highest BCUT2D eigenvalue weighted by Gasteiger charge is 2.38. The number of amides is 1. The first-order valence-corrected chi connectivity index (χ1v) is 12.0. The molecule has 1 amide bonds. The van der Waals surface area contributed by atoms with Crippen molar-refractivity contribution in [1.29, 1.82) is 0 Å². The van der Waals surface area contributed by atoms with E-state index in [-0.39, 0.29) is 10.9 Å². The lowest BCUT2D eigenvalue weighted by Gasteiger charge is -2.27. The first kappa shape index (κ1) is 22.0. The molecule has 2 N–H and O–H groups in total. The van der Waals surface area contributed by atoms with Crippen LogP contribution in [0.1, 0.15) is 54.4 Å². The number of aromatic nitrogens is 1. The number of carbonyl (C=O) groups is 1. The lowest BCUT2D eigenvalue weighted by molar-refractivity contribution is -0.0176. The summed E-state index contributed by atoms with van der Waals surface area (Å²) in [4.78, 5) is 21.6. The third-order valence-corrected chi connectivity index (χ3v) is 7.51. The van der Waals surface area contributed by atoms with E-state index in [1.54, 1.807) is 37.5 Å². The topological polar surface area (TPSA) is 101 Å². The minimum Gasteiger partial charge on any atom is -0.342 e. The van der Waals surface area contributed by atoms with Gasteiger partial charge < -0.3 is 5.32 Å². The summed E-state index contributed by atoms with van der Waals surface area (Å²) >= 11 is 6.42. The first-order chi connectivity index (χ1) is 14.7. The van der Waals surface area contributed by atoms with Crippen LogP contribution >= 0.6 is 11.6 Å². The number of halogens is 1. The Morgan fingerprint density at radius 1 is 1.26 bits per heavy atom. The van der Waals surface area contributed by atoms with Crippen LogP contribution in [0.25, 0.3) is 0 Å². The van der Waals surface area contributed by atoms with Crippen molar-refractivity contribution in [3.05, 3.63) is 53.9 Å². The number of hydrogen-bond donors (Lipinski definition) is 2. The van der Waals surface area contributed by atoms with Gasteiger partial charge in [0.1, 0.15) is 4.90 Å². The fourth-order valence-electron chi connectivity index (χ4n) is 3.28. The fourth-order valence-corrected chi connectivity index (χ4v) is 5.02. The summed E-state index contributed by atoms with van der Waals surface area (Å²) in [7, 11) is -2.12. The van der Waals surface area contributed by atoms with Crippen molar-refractivity contribution in [2.24, 2.45) is 0 Å². The molecular formula is C21H25ClN4O4S. The first-order valence-electron chi connectivity index (χ1n) is 10.1. The van der Waals surface area contributed by atoms with Gasteiger partial charge in [0.05, 0.1) is 11.3 Å². The maximum Gasteiger partial charge on any atom is 0.276 e. The normalized spacial score (nSPS) is 18.5. The van der Waals surface area contributed by atoms with Gasteiger partial charge in [0.25, 0.3) is 5.91 Å². The number of hydrogen-bond acceptors (Lipinski definition) is 6. The predicted octanol–water partition coefficient (Wildman–Crippen LogP) is 3.43. The van der Waals surface area contributed by atoms with Crippen molar-refractivity contribution in [1.82, 2.24) is 14.8 Å². The zero-order chi connectivity index (χ0) is 22.2. The van der Waals surface area contributed by atoms with Crippen molar-refractivity contribution in [3.8, 4) is 0 Å². The van der Waals surface area contributed by atoms with Crippen LogP contribution < -0.4 is 10.8 Å². The molecule has 1 aromatic carbocycles. The highest BCUT2D eigenvalue weighted by atomic mass is 35.5. The van der Waals surface area contributed by atoms with E-state index >= 15 is 0 Å². The molecule has 1 heterocycles. The molecule has 10 heteroatoms. The number of nitrogens with zero attached hydrogens (tertiary/aromatic N) is 2. The molecule has 166 valence electrons. The summed E-state index contributed by atoms with van der Waals surface area (Å²) in [6, 6.07) is 8.56. The highest BCUT2D eigenvalue weighted by molar-refractivity contribution is 7.89. The maximum absolute atomic E-state index is 13.3. The van der Waals surface area contributed by atoms with Crippen LogP contribution in [0.15, 0.2) is 47.6 Å². The minimum absolute atomic E-state index is 0.0276. The number of hydroxylamine groups is 1. The van der Waals surface area contributed by atoms with Crippen LogP contribution in [-0.4, -0.2) is 41.9 Å². The smallest absolute Gasteiger partial charge is 0.276 e. The lowest BCUT2D eigenvalue weighted by atomic mass is 10.1. The Hall–Kier alpha value is -2.20. The molecule has 0 aliphatic heterocycles. The summed E-state index contributed by atoms with van der Waals surface area (Å²) in [5.74, 6) is -0.126. The predicted molar refractivity (Wildman–Crippen MR) is 117 cm³/mol. The summed E-state index contributed by atoms with van der Waals surface area (Å²) in [6.45, 7) is 1.48. The monoisotopic (exact) mass is 464 g/mol. The Morgan fingerprint density at radius 3 is 2.61 bits per heavy atom. The molecule has 2 fully saturated rings. The molecule has 8 nitrogen and oxygen atoms in total. The number of carbonyl (C=O) groups excluding carboxylic acids is 1. The maximum atomic E-state index is 13.3. The van der Waals surface area contributed by atoms with Crippen LogP contribution in [0.3, 0.4) is 0 Å². The number of benzene rings is 1. The second-order valence-corrected chi connectivity index (χ2v) is 10.8. The second kappa shape index (κ2) is 8.38. The average Bonchev–Trinajstić information content (AvgIpc) is 3.64. The number of anilines is 1. The van der Waals surface area contributed by atoms with Gasteiger partial charge in [0.15, 0.2) is 0 Å². The molecular weight excluding hydrogens is 440 g/mol. The summed E-state index contributed by atoms with van der Waals surface area (Å²) in [5.41, 5.74) is 3.88. The van der Waals surface area contributed by atoms with E-state index in [4.69, 9.17) is 16.4 Å². The van der Waals surface area contributed by atoms with Gasteiger partial charge in [-0.25, -0.2) is 18.7 Å². The Kier molecular flexibility index (Phi) is 5.95. The van der Waals surface area contributed by atoms with Gasteiger partial charge >= 0.3 is 0 Å². The molecule has 0 bridgehead atoms. The molecule has 2 saturated carbocycles. The van der Waals surface area contributed by atoms with E-state index in [1.807, 2.05) is 6.07 Å². The number of sulfonamides is 1. The molecule has 0 radical (unpaired) electrons. The summed E-state index contributed by atoms with van der Waals surface area (Å²) in [5, 5.41) is 1.31. The molecule has 2 aliphatic carbocycles. The van der Waals surface area contributed by atoms with Crippen molar-refractivity contribution >= 4 is 33.2 Å². The lowest BCUT2D eigenvalue weighted by Crippen LogP contribution is -2.40. The molecule has 0 spiro atoms. The van der Waals surface area contributed by atoms with Gasteiger partial charge in [0, 0.05) is 32.4 Å². The van der Waals surface area contributed by atoms with E-state index in [2.05, 4.69) is 15.8 Å². The molecule has 1 atom stereocenters. The molecule has 31 heavy (non-hydrogen) atoms. The number of alkyl halides is 1. The van der Waals surface area contributed by atoms with Crippen molar-refractivity contribution in [2.45, 2.75) is 54.6 Å². The van der Waals surface area contributed by atoms with E-state index in [0.29, 0.717) is 17.2 Å². The molecule has 2 aliphatic rings. The average molecular weight is 465 g/mol. The number of pyridine rings is 1. The zero-order valence-electron chi connectivity index (χ0n) is 17.3. The molecule has 1 unspecified atom stereocenters. The van der Waals surface area contributed by atoms with E-state index in [1.165, 1.54) is 17.4 Å². The SMILES string of the molecule is CN(C1CC1)S(=O)(=O)c1cc(C2CC2)ccc1NC(C)(Cl)ONC(=O)c1cccnc1. The van der Waals surface area contributed by atoms with Crippen molar-refractivity contribution in [2.75, 3.05) is 12.4 Å². The van der Waals surface area contributed by atoms with Gasteiger partial charge in [-0.2, -0.15) is 4.31 Å². The van der Waals surface area contributed by atoms with Gasteiger partial charge in [-0.05, 0) is 61.4 Å². The largest absolute Gasteiger partial charge is 0.342 e. The van der Waals surface area contributed by atoms with E-state index in [0.717, 1.165) is 31.2 Å². The summed E-state index contributed by atoms with van der Waals surface area (Å²) < 4.78 is 28.0. The third kappa shape index (κ3) is 5.17. The van der Waals surface area contributed by atoms with Crippen LogP contribution in [0.5, 0.6) is 0 Å². The van der Waals surface area contributed by atoms with Crippen LogP contribution in [0.4, 0.5) is 5.69 Å². The van der Waals surface area contributed by atoms with Gasteiger partial charge in [-0.15, -0.1) is 0 Å². The van der Waals surface area contributed by atoms with E-state index in [9.17, 15) is 13.2 Å². The van der Waals surface area contributed by atoms with Gasteiger partial charge in [-0.3, -0.25) is 9.78 Å². The standard InChI is InChI=1S/C21H25ClN4O4S/c1-21(22,30-25-20(27)16-4-3-11-23-13-16)24-18-10-7-15(14-5-6-14)12-19(18)31(28,29)26(2)17-8-9-17/h3-4,7,10-14,17,24H,5-6,8-9H2,1-2H3,(H,25,27). The van der Waals surface area contributed by atoms with Gasteiger partial charge in [-0.1, -0.05) is 17.7 Å². The Morgan fingerprint density at radius 2 is 2.00 bits per heavy atom. The van der Waals surface area contributed by atoms with Crippen molar-refractivity contribution < 1.29 is 18.0 Å². The Bertz CT molecular complexity index is 1070. The molecule has 4 rings (SSSR count). The molecule has 1 aromatic heterocycles. The number of rotatable bonds is 9. The fraction of sp³-hybridized carbons (Fsp3) is 0.429. The number of nitrogens with one attached hydrogen (secondary N) is 2. The van der Waals surface area contributed by atoms with Gasteiger partial charge in [0.2, 0.25) is 15.2 Å². The second-order valence-electron chi connectivity index (χ2n) is 8.10. The third-order valence-electron chi connectivity index (χ3n) is 5.39. The summed E-state index contributed by atoms with van der Waals surface area (Å²) in [6.07, 6.45) is 6.78. The van der Waals surface area contributed by atoms with Crippen LogP contribution in [0, 0.1) is 0 Å². The van der Waals surface area contributed by atoms with Crippen LogP contribution in [-0.2, 0) is 14.9 Å². The highest BCUT2D eigenvalue weighted by Crippen LogP contribution is 2.43. The molecule has 0 saturated heterocycles. The van der Waals surface area contributed by atoms with E-state index < -0.39 is 21.1 Å². The quantitative estimate of drug-likeness (QED) is 0.255. The van der Waals surface area contributed by atoms with Crippen LogP contribution in [0.2, 0.25) is 0 Å². The minimum atomic E-state index is -3.72. The zero-order valence-corrected chi connectivity index (χ0v) is 18.9.